The average Bonchev–Trinajstić information content (AvgIpc) is 3.11. The molecular weight excluding hydrogens is 336 g/mol. The fourth-order valence-corrected chi connectivity index (χ4v) is 3.23. The van der Waals surface area contributed by atoms with Crippen LogP contribution in [0.4, 0.5) is 0 Å². The third-order valence-electron chi connectivity index (χ3n) is 3.66. The summed E-state index contributed by atoms with van der Waals surface area (Å²) >= 11 is 1.63. The van der Waals surface area contributed by atoms with Crippen LogP contribution in [-0.4, -0.2) is 20.7 Å². The van der Waals surface area contributed by atoms with Crippen molar-refractivity contribution in [2.75, 3.05) is 0 Å². The number of nitrogens with one attached hydrogen (secondary N) is 1. The molecule has 1 unspecified atom stereocenters. The van der Waals surface area contributed by atoms with Gasteiger partial charge in [-0.15, -0.1) is 11.3 Å². The maximum Gasteiger partial charge on any atom is 0.267 e. The SMILES string of the molecule is Cc1ccc(=O)n(CC(=O)NC(Cc2cccs2)c2ccccn2)n1. The molecule has 0 aliphatic carbocycles. The van der Waals surface area contributed by atoms with Crippen LogP contribution in [0.3, 0.4) is 0 Å². The molecule has 25 heavy (non-hydrogen) atoms. The molecule has 0 saturated carbocycles. The third-order valence-corrected chi connectivity index (χ3v) is 4.56. The van der Waals surface area contributed by atoms with Crippen molar-refractivity contribution in [3.8, 4) is 0 Å². The molecule has 0 radical (unpaired) electrons. The number of rotatable bonds is 6. The summed E-state index contributed by atoms with van der Waals surface area (Å²) in [6.45, 7) is 1.66. The largest absolute Gasteiger partial charge is 0.346 e. The van der Waals surface area contributed by atoms with E-state index in [-0.39, 0.29) is 24.1 Å². The van der Waals surface area contributed by atoms with E-state index in [1.54, 1.807) is 30.5 Å². The number of hydrogen-bond donors (Lipinski definition) is 1. The monoisotopic (exact) mass is 354 g/mol. The maximum atomic E-state index is 12.5. The Bertz CT molecular complexity index is 891. The van der Waals surface area contributed by atoms with Crippen LogP contribution in [0.2, 0.25) is 0 Å². The number of hydrogen-bond acceptors (Lipinski definition) is 5. The van der Waals surface area contributed by atoms with Gasteiger partial charge in [0.2, 0.25) is 5.91 Å². The molecule has 0 saturated heterocycles. The quantitative estimate of drug-likeness (QED) is 0.735. The minimum atomic E-state index is -0.298. The van der Waals surface area contributed by atoms with Crippen molar-refractivity contribution in [1.29, 1.82) is 0 Å². The minimum Gasteiger partial charge on any atom is -0.346 e. The van der Waals surface area contributed by atoms with E-state index in [1.807, 2.05) is 35.7 Å². The second kappa shape index (κ2) is 7.85. The van der Waals surface area contributed by atoms with Crippen molar-refractivity contribution in [2.24, 2.45) is 0 Å². The first-order valence-electron chi connectivity index (χ1n) is 7.89. The molecule has 0 aliphatic rings. The van der Waals surface area contributed by atoms with Crippen LogP contribution in [0.5, 0.6) is 0 Å². The summed E-state index contributed by atoms with van der Waals surface area (Å²) in [6.07, 6.45) is 2.35. The molecule has 3 rings (SSSR count). The summed E-state index contributed by atoms with van der Waals surface area (Å²) < 4.78 is 1.17. The topological polar surface area (TPSA) is 76.9 Å². The zero-order valence-electron chi connectivity index (χ0n) is 13.8. The molecule has 0 aromatic carbocycles. The third kappa shape index (κ3) is 4.60. The van der Waals surface area contributed by atoms with Gasteiger partial charge in [0.1, 0.15) is 6.54 Å². The molecular formula is C18H18N4O2S. The van der Waals surface area contributed by atoms with E-state index in [0.29, 0.717) is 12.1 Å². The van der Waals surface area contributed by atoms with Gasteiger partial charge in [0.15, 0.2) is 0 Å². The molecule has 1 atom stereocenters. The fraction of sp³-hybridized carbons (Fsp3) is 0.222. The first-order valence-corrected chi connectivity index (χ1v) is 8.77. The van der Waals surface area contributed by atoms with Crippen molar-refractivity contribution >= 4 is 17.2 Å². The Kier molecular flexibility index (Phi) is 5.35. The molecule has 0 bridgehead atoms. The van der Waals surface area contributed by atoms with E-state index in [2.05, 4.69) is 15.4 Å². The molecule has 0 spiro atoms. The molecule has 0 fully saturated rings. The van der Waals surface area contributed by atoms with Gasteiger partial charge in [-0.1, -0.05) is 12.1 Å². The molecule has 3 heterocycles. The first-order chi connectivity index (χ1) is 12.1. The number of aryl methyl sites for hydroxylation is 1. The van der Waals surface area contributed by atoms with Crippen LogP contribution >= 0.6 is 11.3 Å². The van der Waals surface area contributed by atoms with Crippen molar-refractivity contribution in [2.45, 2.75) is 25.9 Å². The highest BCUT2D eigenvalue weighted by Gasteiger charge is 2.17. The van der Waals surface area contributed by atoms with E-state index >= 15 is 0 Å². The predicted molar refractivity (Wildman–Crippen MR) is 96.4 cm³/mol. The standard InChI is InChI=1S/C18H18N4O2S/c1-13-7-8-18(24)22(21-13)12-17(23)20-16(11-14-5-4-10-25-14)15-6-2-3-9-19-15/h2-10,16H,11-12H2,1H3,(H,20,23). The average molecular weight is 354 g/mol. The molecule has 128 valence electrons. The fourth-order valence-electron chi connectivity index (χ4n) is 2.48. The predicted octanol–water partition coefficient (Wildman–Crippen LogP) is 2.11. The van der Waals surface area contributed by atoms with Gasteiger partial charge in [-0.3, -0.25) is 14.6 Å². The van der Waals surface area contributed by atoms with Crippen LogP contribution < -0.4 is 10.9 Å². The van der Waals surface area contributed by atoms with E-state index < -0.39 is 0 Å². The Morgan fingerprint density at radius 1 is 1.24 bits per heavy atom. The lowest BCUT2D eigenvalue weighted by Gasteiger charge is -2.18. The lowest BCUT2D eigenvalue weighted by Crippen LogP contribution is -2.36. The number of aromatic nitrogens is 3. The normalized spacial score (nSPS) is 11.9. The van der Waals surface area contributed by atoms with Crippen LogP contribution in [0.25, 0.3) is 0 Å². The molecule has 1 N–H and O–H groups in total. The number of amides is 1. The minimum absolute atomic E-state index is 0.117. The van der Waals surface area contributed by atoms with Crippen molar-refractivity contribution in [3.05, 3.63) is 80.7 Å². The number of carbonyl (C=O) groups excluding carboxylic acids is 1. The maximum absolute atomic E-state index is 12.5. The number of thiophene rings is 1. The molecule has 0 aliphatic heterocycles. The summed E-state index contributed by atoms with van der Waals surface area (Å²) in [6, 6.07) is 12.4. The Hall–Kier alpha value is -2.80. The summed E-state index contributed by atoms with van der Waals surface area (Å²) in [4.78, 5) is 29.8. The van der Waals surface area contributed by atoms with E-state index in [9.17, 15) is 9.59 Å². The molecule has 3 aromatic heterocycles. The molecule has 7 heteroatoms. The first kappa shape index (κ1) is 17.0. The lowest BCUT2D eigenvalue weighted by atomic mass is 10.1. The summed E-state index contributed by atoms with van der Waals surface area (Å²) in [5.41, 5.74) is 1.18. The molecule has 1 amide bonds. The Balaban J connectivity index is 1.76. The number of carbonyl (C=O) groups is 1. The van der Waals surface area contributed by atoms with Gasteiger partial charge in [0.25, 0.3) is 5.56 Å². The van der Waals surface area contributed by atoms with Gasteiger partial charge >= 0.3 is 0 Å². The summed E-state index contributed by atoms with van der Waals surface area (Å²) in [7, 11) is 0. The second-order valence-corrected chi connectivity index (χ2v) is 6.66. The Labute approximate surface area is 149 Å². The molecule has 6 nitrogen and oxygen atoms in total. The van der Waals surface area contributed by atoms with Crippen molar-refractivity contribution in [1.82, 2.24) is 20.1 Å². The highest BCUT2D eigenvalue weighted by atomic mass is 32.1. The Morgan fingerprint density at radius 2 is 2.12 bits per heavy atom. The van der Waals surface area contributed by atoms with Gasteiger partial charge in [-0.25, -0.2) is 4.68 Å². The van der Waals surface area contributed by atoms with E-state index in [4.69, 9.17) is 0 Å². The van der Waals surface area contributed by atoms with Crippen LogP contribution in [-0.2, 0) is 17.8 Å². The Morgan fingerprint density at radius 3 is 2.84 bits per heavy atom. The summed E-state index contributed by atoms with van der Waals surface area (Å²) in [5.74, 6) is -0.271. The molecule has 3 aromatic rings. The van der Waals surface area contributed by atoms with Gasteiger partial charge in [0, 0.05) is 23.6 Å². The highest BCUT2D eigenvalue weighted by molar-refractivity contribution is 7.09. The van der Waals surface area contributed by atoms with Crippen LogP contribution in [0, 0.1) is 6.92 Å². The van der Waals surface area contributed by atoms with Crippen molar-refractivity contribution in [3.63, 3.8) is 0 Å². The van der Waals surface area contributed by atoms with Gasteiger partial charge < -0.3 is 5.32 Å². The van der Waals surface area contributed by atoms with Crippen LogP contribution in [0.1, 0.15) is 22.3 Å². The van der Waals surface area contributed by atoms with Crippen molar-refractivity contribution < 1.29 is 4.79 Å². The number of nitrogens with zero attached hydrogens (tertiary/aromatic N) is 3. The zero-order chi connectivity index (χ0) is 17.6. The lowest BCUT2D eigenvalue weighted by molar-refractivity contribution is -0.122. The second-order valence-electron chi connectivity index (χ2n) is 5.63. The zero-order valence-corrected chi connectivity index (χ0v) is 14.6. The van der Waals surface area contributed by atoms with Gasteiger partial charge in [-0.05, 0) is 36.6 Å². The van der Waals surface area contributed by atoms with Gasteiger partial charge in [0.05, 0.1) is 17.4 Å². The van der Waals surface area contributed by atoms with E-state index in [1.165, 1.54) is 10.7 Å². The van der Waals surface area contributed by atoms with Crippen LogP contribution in [0.15, 0.2) is 58.8 Å². The smallest absolute Gasteiger partial charge is 0.267 e. The summed E-state index contributed by atoms with van der Waals surface area (Å²) in [5, 5.41) is 9.07. The number of pyridine rings is 1. The van der Waals surface area contributed by atoms with E-state index in [0.717, 1.165) is 10.6 Å². The van der Waals surface area contributed by atoms with Gasteiger partial charge in [-0.2, -0.15) is 5.10 Å². The highest BCUT2D eigenvalue weighted by Crippen LogP contribution is 2.19.